The van der Waals surface area contributed by atoms with Gasteiger partial charge in [-0.1, -0.05) is 24.3 Å². The highest BCUT2D eigenvalue weighted by molar-refractivity contribution is 5.89. The monoisotopic (exact) mass is 288 g/mol. The molecule has 0 aliphatic heterocycles. The van der Waals surface area contributed by atoms with E-state index >= 15 is 0 Å². The third-order valence-corrected chi connectivity index (χ3v) is 3.73. The summed E-state index contributed by atoms with van der Waals surface area (Å²) in [6.45, 7) is 0. The summed E-state index contributed by atoms with van der Waals surface area (Å²) in [6, 6.07) is 9.81. The van der Waals surface area contributed by atoms with Crippen molar-refractivity contribution in [3.8, 4) is 11.1 Å². The highest BCUT2D eigenvalue weighted by Gasteiger charge is 2.22. The molecule has 2 N–H and O–H groups in total. The van der Waals surface area contributed by atoms with Crippen molar-refractivity contribution in [1.29, 1.82) is 0 Å². The number of halogens is 1. The number of hydrogen-bond donors (Lipinski definition) is 1. The number of hydrogen-bond acceptors (Lipinski definition) is 3. The van der Waals surface area contributed by atoms with Crippen LogP contribution in [0.15, 0.2) is 42.7 Å². The van der Waals surface area contributed by atoms with E-state index in [1.54, 1.807) is 6.20 Å². The normalized spacial score (nSPS) is 17.9. The molecule has 20 heavy (non-hydrogen) atoms. The van der Waals surface area contributed by atoms with Crippen LogP contribution in [0, 0.1) is 0 Å². The van der Waals surface area contributed by atoms with Crippen LogP contribution in [0.4, 0.5) is 0 Å². The fourth-order valence-corrected chi connectivity index (χ4v) is 2.65. The highest BCUT2D eigenvalue weighted by Crippen LogP contribution is 2.29. The molecule has 1 aromatic carbocycles. The summed E-state index contributed by atoms with van der Waals surface area (Å²) >= 11 is 0. The van der Waals surface area contributed by atoms with Gasteiger partial charge in [0, 0.05) is 24.4 Å². The maximum absolute atomic E-state index is 12.0. The lowest BCUT2D eigenvalue weighted by molar-refractivity contribution is -0.119. The van der Waals surface area contributed by atoms with Gasteiger partial charge in [0.2, 0.25) is 0 Å². The molecule has 0 saturated heterocycles. The predicted molar refractivity (Wildman–Crippen MR) is 81.9 cm³/mol. The van der Waals surface area contributed by atoms with Gasteiger partial charge in [-0.15, -0.1) is 12.4 Å². The van der Waals surface area contributed by atoms with E-state index in [9.17, 15) is 4.79 Å². The standard InChI is InChI=1S/C16H16N2O.ClH/c17-15-7-6-11-3-1-5-13(14(11)9-16(15)19)12-4-2-8-18-10-12;/h1-5,8,10,15H,6-7,9,17H2;1H. The van der Waals surface area contributed by atoms with Gasteiger partial charge in [-0.05, 0) is 35.6 Å². The molecule has 0 bridgehead atoms. The van der Waals surface area contributed by atoms with E-state index in [1.807, 2.05) is 24.4 Å². The predicted octanol–water partition coefficient (Wildman–Crippen LogP) is 2.56. The number of fused-ring (bicyclic) bond motifs is 1. The zero-order chi connectivity index (χ0) is 13.2. The van der Waals surface area contributed by atoms with Crippen LogP contribution in [0.25, 0.3) is 11.1 Å². The lowest BCUT2D eigenvalue weighted by atomic mass is 9.93. The van der Waals surface area contributed by atoms with E-state index < -0.39 is 0 Å². The van der Waals surface area contributed by atoms with Crippen molar-refractivity contribution in [3.63, 3.8) is 0 Å². The van der Waals surface area contributed by atoms with Crippen LogP contribution >= 0.6 is 12.4 Å². The Morgan fingerprint density at radius 3 is 2.80 bits per heavy atom. The molecule has 3 rings (SSSR count). The second-order valence-corrected chi connectivity index (χ2v) is 4.97. The van der Waals surface area contributed by atoms with E-state index in [0.717, 1.165) is 29.5 Å². The quantitative estimate of drug-likeness (QED) is 0.821. The van der Waals surface area contributed by atoms with Crippen molar-refractivity contribution in [2.45, 2.75) is 25.3 Å². The number of rotatable bonds is 1. The minimum Gasteiger partial charge on any atom is -0.321 e. The number of nitrogens with two attached hydrogens (primary N) is 1. The van der Waals surface area contributed by atoms with Crippen LogP contribution in [0.5, 0.6) is 0 Å². The summed E-state index contributed by atoms with van der Waals surface area (Å²) in [5, 5.41) is 0. The smallest absolute Gasteiger partial charge is 0.153 e. The number of pyridine rings is 1. The Morgan fingerprint density at radius 1 is 1.20 bits per heavy atom. The Labute approximate surface area is 124 Å². The molecule has 0 spiro atoms. The molecule has 0 amide bonds. The molecule has 4 heteroatoms. The molecule has 1 aliphatic carbocycles. The fourth-order valence-electron chi connectivity index (χ4n) is 2.65. The summed E-state index contributed by atoms with van der Waals surface area (Å²) in [5.74, 6) is 0.134. The van der Waals surface area contributed by atoms with Crippen molar-refractivity contribution in [2.24, 2.45) is 5.73 Å². The van der Waals surface area contributed by atoms with Crippen LogP contribution in [-0.2, 0) is 17.6 Å². The van der Waals surface area contributed by atoms with Crippen molar-refractivity contribution in [2.75, 3.05) is 0 Å². The first-order chi connectivity index (χ1) is 9.25. The molecule has 1 unspecified atom stereocenters. The van der Waals surface area contributed by atoms with Gasteiger partial charge in [0.25, 0.3) is 0 Å². The first-order valence-electron chi connectivity index (χ1n) is 6.55. The zero-order valence-electron chi connectivity index (χ0n) is 11.1. The Hall–Kier alpha value is -1.71. The molecule has 0 saturated carbocycles. The summed E-state index contributed by atoms with van der Waals surface area (Å²) in [4.78, 5) is 16.2. The number of aromatic nitrogens is 1. The minimum atomic E-state index is -0.325. The topological polar surface area (TPSA) is 56.0 Å². The van der Waals surface area contributed by atoms with Crippen LogP contribution in [-0.4, -0.2) is 16.8 Å². The molecular weight excluding hydrogens is 272 g/mol. The Morgan fingerprint density at radius 2 is 2.05 bits per heavy atom. The number of carbonyl (C=O) groups excluding carboxylic acids is 1. The summed E-state index contributed by atoms with van der Waals surface area (Å²) in [6.07, 6.45) is 5.64. The number of aryl methyl sites for hydroxylation is 1. The minimum absolute atomic E-state index is 0. The molecule has 0 radical (unpaired) electrons. The number of Topliss-reactive ketones (excluding diaryl/α,β-unsaturated/α-hetero) is 1. The molecule has 1 heterocycles. The Kier molecular flexibility index (Phi) is 4.53. The summed E-state index contributed by atoms with van der Waals surface area (Å²) < 4.78 is 0. The van der Waals surface area contributed by atoms with Crippen molar-refractivity contribution < 1.29 is 4.79 Å². The van der Waals surface area contributed by atoms with Gasteiger partial charge in [-0.25, -0.2) is 0 Å². The average molecular weight is 289 g/mol. The number of ketones is 1. The maximum atomic E-state index is 12.0. The molecule has 104 valence electrons. The van der Waals surface area contributed by atoms with Gasteiger partial charge in [0.15, 0.2) is 5.78 Å². The van der Waals surface area contributed by atoms with Gasteiger partial charge < -0.3 is 5.73 Å². The third kappa shape index (κ3) is 2.74. The van der Waals surface area contributed by atoms with E-state index in [1.165, 1.54) is 5.56 Å². The van der Waals surface area contributed by atoms with Gasteiger partial charge in [0.1, 0.15) is 0 Å². The molecule has 1 atom stereocenters. The number of carbonyl (C=O) groups is 1. The van der Waals surface area contributed by atoms with E-state index in [2.05, 4.69) is 17.1 Å². The largest absolute Gasteiger partial charge is 0.321 e. The van der Waals surface area contributed by atoms with Crippen molar-refractivity contribution in [1.82, 2.24) is 4.98 Å². The van der Waals surface area contributed by atoms with Crippen molar-refractivity contribution >= 4 is 18.2 Å². The van der Waals surface area contributed by atoms with Crippen molar-refractivity contribution in [3.05, 3.63) is 53.9 Å². The highest BCUT2D eigenvalue weighted by atomic mass is 35.5. The fraction of sp³-hybridized carbons (Fsp3) is 0.250. The van der Waals surface area contributed by atoms with Gasteiger partial charge in [-0.3, -0.25) is 9.78 Å². The molecule has 3 nitrogen and oxygen atoms in total. The van der Waals surface area contributed by atoms with Crippen LogP contribution < -0.4 is 5.73 Å². The van der Waals surface area contributed by atoms with E-state index in [0.29, 0.717) is 6.42 Å². The van der Waals surface area contributed by atoms with Crippen LogP contribution in [0.3, 0.4) is 0 Å². The van der Waals surface area contributed by atoms with Gasteiger partial charge in [-0.2, -0.15) is 0 Å². The third-order valence-electron chi connectivity index (χ3n) is 3.73. The number of nitrogens with zero attached hydrogens (tertiary/aromatic N) is 1. The molecular formula is C16H17ClN2O. The molecule has 2 aromatic rings. The van der Waals surface area contributed by atoms with Crippen LogP contribution in [0.1, 0.15) is 17.5 Å². The second kappa shape index (κ2) is 6.16. The average Bonchev–Trinajstić information content (AvgIpc) is 2.60. The van der Waals surface area contributed by atoms with Crippen LogP contribution in [0.2, 0.25) is 0 Å². The molecule has 0 fully saturated rings. The number of benzene rings is 1. The second-order valence-electron chi connectivity index (χ2n) is 4.97. The first-order valence-corrected chi connectivity index (χ1v) is 6.55. The van der Waals surface area contributed by atoms with Gasteiger partial charge in [0.05, 0.1) is 6.04 Å². The Bertz CT molecular complexity index is 613. The zero-order valence-corrected chi connectivity index (χ0v) is 11.9. The van der Waals surface area contributed by atoms with E-state index in [-0.39, 0.29) is 24.2 Å². The molecule has 1 aliphatic rings. The summed E-state index contributed by atoms with van der Waals surface area (Å²) in [7, 11) is 0. The first kappa shape index (κ1) is 14.7. The summed E-state index contributed by atoms with van der Waals surface area (Å²) in [5.41, 5.74) is 10.4. The van der Waals surface area contributed by atoms with Gasteiger partial charge >= 0.3 is 0 Å². The van der Waals surface area contributed by atoms with E-state index in [4.69, 9.17) is 5.73 Å². The lowest BCUT2D eigenvalue weighted by Gasteiger charge is -2.11. The lowest BCUT2D eigenvalue weighted by Crippen LogP contribution is -2.30. The molecule has 1 aromatic heterocycles. The maximum Gasteiger partial charge on any atom is 0.153 e. The Balaban J connectivity index is 0.00000147. The SMILES string of the molecule is Cl.NC1CCc2cccc(-c3cccnc3)c2CC1=O.